The van der Waals surface area contributed by atoms with E-state index in [9.17, 15) is 14.3 Å². The van der Waals surface area contributed by atoms with Gasteiger partial charge in [-0.05, 0) is 6.42 Å². The van der Waals surface area contributed by atoms with Gasteiger partial charge in [0, 0.05) is 0 Å². The molecule has 0 aliphatic carbocycles. The Labute approximate surface area is 171 Å². The van der Waals surface area contributed by atoms with Crippen LogP contribution in [0.1, 0.15) is 90.4 Å². The van der Waals surface area contributed by atoms with E-state index >= 15 is 0 Å². The molecule has 0 aromatic rings. The highest BCUT2D eigenvalue weighted by Crippen LogP contribution is 2.41. The number of hydrogen-bond donors (Lipinski definition) is 1. The molecule has 0 fully saturated rings. The van der Waals surface area contributed by atoms with Crippen LogP contribution in [0.3, 0.4) is 0 Å². The maximum Gasteiger partial charge on any atom is 0.312 e. The number of phosphoric ester groups is 1. The van der Waals surface area contributed by atoms with Gasteiger partial charge in [0.15, 0.2) is 0 Å². The number of phosphoric acid groups is 1. The van der Waals surface area contributed by atoms with Crippen molar-refractivity contribution in [2.75, 3.05) is 27.7 Å². The van der Waals surface area contributed by atoms with E-state index in [1.165, 1.54) is 57.8 Å². The largest absolute Gasteiger partial charge is 0.756 e. The van der Waals surface area contributed by atoms with Crippen molar-refractivity contribution in [3.05, 3.63) is 0 Å². The molecule has 0 heterocycles. The fourth-order valence-electron chi connectivity index (χ4n) is 2.90. The van der Waals surface area contributed by atoms with Crippen LogP contribution in [0.4, 0.5) is 0 Å². The summed E-state index contributed by atoms with van der Waals surface area (Å²) in [5, 5.41) is 8.92. The van der Waals surface area contributed by atoms with E-state index in [2.05, 4.69) is 6.92 Å². The summed E-state index contributed by atoms with van der Waals surface area (Å²) >= 11 is 0. The monoisotopic (exact) mass is 423 g/mol. The van der Waals surface area contributed by atoms with E-state index in [0.717, 1.165) is 12.8 Å². The Kier molecular flexibility index (Phi) is 15.1. The van der Waals surface area contributed by atoms with Crippen molar-refractivity contribution in [1.29, 1.82) is 0 Å². The summed E-state index contributed by atoms with van der Waals surface area (Å²) in [5.41, 5.74) is 0. The lowest BCUT2D eigenvalue weighted by Gasteiger charge is -2.36. The minimum Gasteiger partial charge on any atom is -0.756 e. The van der Waals surface area contributed by atoms with Crippen LogP contribution in [-0.4, -0.2) is 49.5 Å². The number of carboxylic acid groups (broad SMARTS) is 1. The molecule has 168 valence electrons. The summed E-state index contributed by atoms with van der Waals surface area (Å²) in [4.78, 5) is 22.9. The molecule has 28 heavy (non-hydrogen) atoms. The Morgan fingerprint density at radius 3 is 1.75 bits per heavy atom. The highest BCUT2D eigenvalue weighted by Gasteiger charge is 2.31. The molecule has 0 saturated heterocycles. The third kappa shape index (κ3) is 16.5. The summed E-state index contributed by atoms with van der Waals surface area (Å²) in [6.45, 7) is 2.31. The predicted molar refractivity (Wildman–Crippen MR) is 110 cm³/mol. The van der Waals surface area contributed by atoms with E-state index in [4.69, 9.17) is 14.2 Å². The van der Waals surface area contributed by atoms with Crippen LogP contribution in [0.5, 0.6) is 0 Å². The molecule has 1 unspecified atom stereocenters. The average Bonchev–Trinajstić information content (AvgIpc) is 2.57. The molecular weight excluding hydrogens is 381 g/mol. The Bertz CT molecular complexity index is 452. The first-order chi connectivity index (χ1) is 13.1. The molecule has 1 N–H and O–H groups in total. The average molecular weight is 424 g/mol. The van der Waals surface area contributed by atoms with Gasteiger partial charge in [0.25, 0.3) is 7.82 Å². The van der Waals surface area contributed by atoms with Crippen molar-refractivity contribution in [3.8, 4) is 0 Å². The number of hydrogen-bond acceptors (Lipinski definition) is 5. The quantitative estimate of drug-likeness (QED) is 0.140. The smallest absolute Gasteiger partial charge is 0.312 e. The SMILES string of the molecule is CCCCCCCCCCCCCCOP(=O)([O-])O[C@H](CC(=O)O)[N+](C)(C)C. The van der Waals surface area contributed by atoms with Crippen LogP contribution < -0.4 is 4.89 Å². The molecule has 0 rings (SSSR count). The number of aliphatic carboxylic acids is 1. The summed E-state index contributed by atoms with van der Waals surface area (Å²) in [5.74, 6) is -1.11. The van der Waals surface area contributed by atoms with Crippen molar-refractivity contribution in [2.45, 2.75) is 96.6 Å². The predicted octanol–water partition coefficient (Wildman–Crippen LogP) is 4.70. The van der Waals surface area contributed by atoms with Gasteiger partial charge in [0.2, 0.25) is 6.23 Å². The Balaban J connectivity index is 3.78. The molecule has 2 atom stereocenters. The Morgan fingerprint density at radius 2 is 1.36 bits per heavy atom. The summed E-state index contributed by atoms with van der Waals surface area (Å²) < 4.78 is 21.9. The van der Waals surface area contributed by atoms with Crippen molar-refractivity contribution in [1.82, 2.24) is 0 Å². The van der Waals surface area contributed by atoms with E-state index in [1.807, 2.05) is 0 Å². The molecule has 0 radical (unpaired) electrons. The number of carboxylic acids is 1. The number of nitrogens with zero attached hydrogens (tertiary/aromatic N) is 1. The molecule has 0 aliphatic heterocycles. The normalized spacial score (nSPS) is 15.3. The molecule has 8 heteroatoms. The fourth-order valence-corrected chi connectivity index (χ4v) is 3.97. The minimum absolute atomic E-state index is 0.0560. The second-order valence-corrected chi connectivity index (χ2v) is 9.81. The summed E-state index contributed by atoms with van der Waals surface area (Å²) in [6, 6.07) is 0. The highest BCUT2D eigenvalue weighted by atomic mass is 31.2. The topological polar surface area (TPSA) is 95.9 Å². The molecule has 0 spiro atoms. The second kappa shape index (κ2) is 15.4. The van der Waals surface area contributed by atoms with Gasteiger partial charge in [-0.25, -0.2) is 0 Å². The van der Waals surface area contributed by atoms with Crippen LogP contribution >= 0.6 is 7.82 Å². The number of unbranched alkanes of at least 4 members (excludes halogenated alkanes) is 11. The van der Waals surface area contributed by atoms with Crippen LogP contribution in [0.2, 0.25) is 0 Å². The molecule has 7 nitrogen and oxygen atoms in total. The van der Waals surface area contributed by atoms with Crippen molar-refractivity contribution < 1.29 is 32.9 Å². The highest BCUT2D eigenvalue weighted by molar-refractivity contribution is 7.45. The van der Waals surface area contributed by atoms with Gasteiger partial charge >= 0.3 is 5.97 Å². The molecule has 0 amide bonds. The molecule has 0 aromatic heterocycles. The number of rotatable bonds is 19. The standard InChI is InChI=1S/C20H42NO6P/c1-5-6-7-8-9-10-11-12-13-14-15-16-17-26-28(24,25)27-19(18-20(22)23)21(2,3)4/h19H,5-18H2,1-4H3,(H-,22,23,24,25)/t19-/m1/s1. The molecule has 0 saturated carbocycles. The van der Waals surface area contributed by atoms with Gasteiger partial charge in [-0.15, -0.1) is 0 Å². The minimum atomic E-state index is -4.51. The maximum atomic E-state index is 12.0. The van der Waals surface area contributed by atoms with Crippen molar-refractivity contribution >= 4 is 13.8 Å². The van der Waals surface area contributed by atoms with E-state index in [-0.39, 0.29) is 11.1 Å². The number of carbonyl (C=O) groups is 1. The lowest BCUT2D eigenvalue weighted by atomic mass is 10.1. The number of quaternary nitrogens is 1. The van der Waals surface area contributed by atoms with Gasteiger partial charge in [-0.2, -0.15) is 0 Å². The third-order valence-corrected chi connectivity index (χ3v) is 5.71. The third-order valence-electron chi connectivity index (χ3n) is 4.71. The zero-order valence-electron chi connectivity index (χ0n) is 18.4. The van der Waals surface area contributed by atoms with Gasteiger partial charge < -0.3 is 19.0 Å². The fraction of sp³-hybridized carbons (Fsp3) is 0.950. The van der Waals surface area contributed by atoms with Gasteiger partial charge in [0.05, 0.1) is 27.7 Å². The first-order valence-electron chi connectivity index (χ1n) is 10.8. The van der Waals surface area contributed by atoms with Crippen molar-refractivity contribution in [2.24, 2.45) is 0 Å². The Hall–Kier alpha value is -0.460. The molecule has 0 bridgehead atoms. The first kappa shape index (κ1) is 27.5. The maximum absolute atomic E-state index is 12.0. The first-order valence-corrected chi connectivity index (χ1v) is 12.2. The molecule has 0 aromatic carbocycles. The summed E-state index contributed by atoms with van der Waals surface area (Å²) in [7, 11) is 0.526. The molecular formula is C20H42NO6P. The van der Waals surface area contributed by atoms with Gasteiger partial charge in [-0.3, -0.25) is 13.9 Å². The van der Waals surface area contributed by atoms with E-state index in [0.29, 0.717) is 6.42 Å². The summed E-state index contributed by atoms with van der Waals surface area (Å²) in [6.07, 6.45) is 12.9. The lowest BCUT2D eigenvalue weighted by Crippen LogP contribution is -2.48. The van der Waals surface area contributed by atoms with Gasteiger partial charge in [-0.1, -0.05) is 77.6 Å². The van der Waals surface area contributed by atoms with Crippen LogP contribution in [-0.2, 0) is 18.4 Å². The van der Waals surface area contributed by atoms with Crippen LogP contribution in [0, 0.1) is 0 Å². The van der Waals surface area contributed by atoms with Crippen molar-refractivity contribution in [3.63, 3.8) is 0 Å². The zero-order valence-corrected chi connectivity index (χ0v) is 19.3. The van der Waals surface area contributed by atoms with Crippen LogP contribution in [0.25, 0.3) is 0 Å². The van der Waals surface area contributed by atoms with E-state index in [1.54, 1.807) is 21.1 Å². The lowest BCUT2D eigenvalue weighted by molar-refractivity contribution is -0.915. The molecule has 0 aliphatic rings. The zero-order chi connectivity index (χ0) is 21.5. The van der Waals surface area contributed by atoms with Crippen LogP contribution in [0.15, 0.2) is 0 Å². The van der Waals surface area contributed by atoms with Gasteiger partial charge in [0.1, 0.15) is 6.42 Å². The Morgan fingerprint density at radius 1 is 0.929 bits per heavy atom. The van der Waals surface area contributed by atoms with E-state index < -0.39 is 26.4 Å². The second-order valence-electron chi connectivity index (χ2n) is 8.44.